The van der Waals surface area contributed by atoms with Gasteiger partial charge < -0.3 is 24.3 Å². The largest absolute Gasteiger partial charge is 0.497 e. The quantitative estimate of drug-likeness (QED) is 0.851. The Bertz CT molecular complexity index is 919. The lowest BCUT2D eigenvalue weighted by Crippen LogP contribution is -2.51. The van der Waals surface area contributed by atoms with Crippen LogP contribution in [0.4, 0.5) is 4.79 Å². The topological polar surface area (TPSA) is 105 Å². The number of methoxy groups -OCH3 is 1. The number of hydrogen-bond donors (Lipinski definition) is 1. The average Bonchev–Trinajstić information content (AvgIpc) is 2.73. The molecule has 1 N–H and O–H groups in total. The predicted octanol–water partition coefficient (Wildman–Crippen LogP) is 1.36. The third-order valence-corrected chi connectivity index (χ3v) is 4.43. The summed E-state index contributed by atoms with van der Waals surface area (Å²) in [5.41, 5.74) is 0.610. The number of piperazine rings is 1. The Labute approximate surface area is 161 Å². The highest BCUT2D eigenvalue weighted by molar-refractivity contribution is 5.93. The molecule has 9 nitrogen and oxygen atoms in total. The van der Waals surface area contributed by atoms with Crippen LogP contribution in [0.15, 0.2) is 35.1 Å². The van der Waals surface area contributed by atoms with Gasteiger partial charge in [-0.3, -0.25) is 4.79 Å². The molecule has 1 aliphatic heterocycles. The summed E-state index contributed by atoms with van der Waals surface area (Å²) < 4.78 is 10.2. The van der Waals surface area contributed by atoms with Crippen molar-refractivity contribution in [3.8, 4) is 17.0 Å². The molecule has 0 spiro atoms. The number of rotatable bonds is 4. The minimum absolute atomic E-state index is 0.155. The zero-order valence-electron chi connectivity index (χ0n) is 15.8. The van der Waals surface area contributed by atoms with Crippen LogP contribution in [0, 0.1) is 0 Å². The molecule has 1 aliphatic rings. The first-order chi connectivity index (χ1) is 13.5. The molecule has 3 rings (SSSR count). The van der Waals surface area contributed by atoms with E-state index < -0.39 is 5.69 Å². The molecule has 2 aromatic rings. The normalized spacial score (nSPS) is 13.9. The minimum Gasteiger partial charge on any atom is -0.497 e. The fourth-order valence-electron chi connectivity index (χ4n) is 2.98. The Kier molecular flexibility index (Phi) is 5.93. The molecule has 0 atom stereocenters. The van der Waals surface area contributed by atoms with Crippen LogP contribution in [0.1, 0.15) is 17.4 Å². The van der Waals surface area contributed by atoms with Crippen LogP contribution in [0.5, 0.6) is 5.75 Å². The van der Waals surface area contributed by atoms with E-state index in [0.717, 1.165) is 0 Å². The highest BCUT2D eigenvalue weighted by Crippen LogP contribution is 2.22. The molecule has 1 saturated heterocycles. The second kappa shape index (κ2) is 8.55. The molecule has 148 valence electrons. The van der Waals surface area contributed by atoms with Gasteiger partial charge in [-0.15, -0.1) is 0 Å². The van der Waals surface area contributed by atoms with Crippen molar-refractivity contribution in [1.82, 2.24) is 19.8 Å². The molecular weight excluding hydrogens is 364 g/mol. The number of carbonyl (C=O) groups is 2. The molecule has 0 unspecified atom stereocenters. The van der Waals surface area contributed by atoms with E-state index in [1.54, 1.807) is 54.2 Å². The predicted molar refractivity (Wildman–Crippen MR) is 101 cm³/mol. The molecule has 2 heterocycles. The molecule has 1 aromatic heterocycles. The van der Waals surface area contributed by atoms with Crippen LogP contribution < -0.4 is 10.4 Å². The van der Waals surface area contributed by atoms with Crippen molar-refractivity contribution in [1.29, 1.82) is 0 Å². The van der Waals surface area contributed by atoms with E-state index in [0.29, 0.717) is 49.8 Å². The minimum atomic E-state index is -0.603. The maximum atomic E-state index is 12.8. The van der Waals surface area contributed by atoms with Crippen molar-refractivity contribution >= 4 is 12.0 Å². The van der Waals surface area contributed by atoms with Gasteiger partial charge in [0.05, 0.1) is 19.4 Å². The lowest BCUT2D eigenvalue weighted by Gasteiger charge is -2.33. The molecule has 1 fully saturated rings. The van der Waals surface area contributed by atoms with Gasteiger partial charge in [-0.1, -0.05) is 12.1 Å². The zero-order chi connectivity index (χ0) is 20.1. The van der Waals surface area contributed by atoms with Gasteiger partial charge in [-0.25, -0.2) is 9.59 Å². The molecule has 0 saturated carbocycles. The van der Waals surface area contributed by atoms with Crippen molar-refractivity contribution in [2.24, 2.45) is 0 Å². The number of ether oxygens (including phenoxy) is 2. The number of aromatic amines is 1. The molecule has 1 aromatic carbocycles. The van der Waals surface area contributed by atoms with Crippen LogP contribution in [0.2, 0.25) is 0 Å². The first-order valence-electron chi connectivity index (χ1n) is 8.98. The van der Waals surface area contributed by atoms with Gasteiger partial charge in [0.25, 0.3) is 5.91 Å². The number of carbonyl (C=O) groups excluding carboxylic acids is 2. The van der Waals surface area contributed by atoms with Crippen molar-refractivity contribution in [2.45, 2.75) is 6.92 Å². The molecular formula is C19H22N4O5. The summed E-state index contributed by atoms with van der Waals surface area (Å²) in [4.78, 5) is 46.2. The number of amides is 2. The number of aromatic nitrogens is 2. The van der Waals surface area contributed by atoms with Crippen molar-refractivity contribution in [3.05, 3.63) is 46.5 Å². The number of benzene rings is 1. The van der Waals surface area contributed by atoms with E-state index in [9.17, 15) is 14.4 Å². The molecule has 28 heavy (non-hydrogen) atoms. The van der Waals surface area contributed by atoms with E-state index in [1.807, 2.05) is 0 Å². The second-order valence-electron chi connectivity index (χ2n) is 6.20. The van der Waals surface area contributed by atoms with E-state index in [2.05, 4.69) is 9.97 Å². The Balaban J connectivity index is 1.77. The second-order valence-corrected chi connectivity index (χ2v) is 6.20. The highest BCUT2D eigenvalue weighted by atomic mass is 16.6. The van der Waals surface area contributed by atoms with Gasteiger partial charge >= 0.3 is 11.8 Å². The third-order valence-electron chi connectivity index (χ3n) is 4.43. The van der Waals surface area contributed by atoms with Crippen LogP contribution in [0.3, 0.4) is 0 Å². The first kappa shape index (κ1) is 19.4. The molecule has 2 amide bonds. The lowest BCUT2D eigenvalue weighted by molar-refractivity contribution is 0.0565. The van der Waals surface area contributed by atoms with Gasteiger partial charge in [0.1, 0.15) is 11.4 Å². The number of nitrogens with one attached hydrogen (secondary N) is 1. The summed E-state index contributed by atoms with van der Waals surface area (Å²) in [6, 6.07) is 8.65. The molecule has 0 aliphatic carbocycles. The zero-order valence-corrected chi connectivity index (χ0v) is 15.8. The van der Waals surface area contributed by atoms with Gasteiger partial charge in [0, 0.05) is 31.7 Å². The summed E-state index contributed by atoms with van der Waals surface area (Å²) in [5.74, 6) is 0.315. The van der Waals surface area contributed by atoms with E-state index in [-0.39, 0.29) is 17.7 Å². The lowest BCUT2D eigenvalue weighted by atomic mass is 10.1. The molecule has 0 bridgehead atoms. The molecule has 0 radical (unpaired) electrons. The fourth-order valence-corrected chi connectivity index (χ4v) is 2.98. The summed E-state index contributed by atoms with van der Waals surface area (Å²) in [6.07, 6.45) is -0.382. The van der Waals surface area contributed by atoms with Crippen molar-refractivity contribution in [2.75, 3.05) is 39.9 Å². The van der Waals surface area contributed by atoms with E-state index in [4.69, 9.17) is 9.47 Å². The van der Waals surface area contributed by atoms with Gasteiger partial charge in [-0.05, 0) is 25.1 Å². The SMILES string of the molecule is CCOC(=O)N1CCN(C(=O)c2cc(-c3cccc(OC)c3)nc(=O)[nH]2)CC1. The van der Waals surface area contributed by atoms with E-state index >= 15 is 0 Å². The van der Waals surface area contributed by atoms with Crippen LogP contribution in [0.25, 0.3) is 11.3 Å². The van der Waals surface area contributed by atoms with Crippen LogP contribution >= 0.6 is 0 Å². The average molecular weight is 386 g/mol. The Morgan fingerprint density at radius 2 is 1.86 bits per heavy atom. The third kappa shape index (κ3) is 4.30. The Morgan fingerprint density at radius 3 is 2.54 bits per heavy atom. The van der Waals surface area contributed by atoms with E-state index in [1.165, 1.54) is 0 Å². The fraction of sp³-hybridized carbons (Fsp3) is 0.368. The van der Waals surface area contributed by atoms with Gasteiger partial charge in [0.15, 0.2) is 0 Å². The maximum absolute atomic E-state index is 12.8. The summed E-state index contributed by atoms with van der Waals surface area (Å²) >= 11 is 0. The summed E-state index contributed by atoms with van der Waals surface area (Å²) in [7, 11) is 1.55. The maximum Gasteiger partial charge on any atom is 0.409 e. The summed E-state index contributed by atoms with van der Waals surface area (Å²) in [5, 5.41) is 0. The number of H-pyrrole nitrogens is 1. The Morgan fingerprint density at radius 1 is 1.14 bits per heavy atom. The first-order valence-corrected chi connectivity index (χ1v) is 8.98. The van der Waals surface area contributed by atoms with Gasteiger partial charge in [-0.2, -0.15) is 4.98 Å². The molecule has 9 heteroatoms. The van der Waals surface area contributed by atoms with Crippen LogP contribution in [-0.4, -0.2) is 71.7 Å². The van der Waals surface area contributed by atoms with Crippen molar-refractivity contribution in [3.63, 3.8) is 0 Å². The summed E-state index contributed by atoms with van der Waals surface area (Å²) in [6.45, 7) is 3.53. The highest BCUT2D eigenvalue weighted by Gasteiger charge is 2.26. The van der Waals surface area contributed by atoms with Gasteiger partial charge in [0.2, 0.25) is 0 Å². The number of nitrogens with zero attached hydrogens (tertiary/aromatic N) is 3. The monoisotopic (exact) mass is 386 g/mol. The standard InChI is InChI=1S/C19H22N4O5/c1-3-28-19(26)23-9-7-22(8-10-23)17(24)16-12-15(20-18(25)21-16)13-5-4-6-14(11-13)27-2/h4-6,11-12H,3,7-10H2,1-2H3,(H,20,21,25). The Hall–Kier alpha value is -3.36. The number of hydrogen-bond acceptors (Lipinski definition) is 6. The smallest absolute Gasteiger partial charge is 0.409 e. The van der Waals surface area contributed by atoms with Crippen LogP contribution in [-0.2, 0) is 4.74 Å². The van der Waals surface area contributed by atoms with Crippen molar-refractivity contribution < 1.29 is 19.1 Å².